The van der Waals surface area contributed by atoms with E-state index in [4.69, 9.17) is 9.39 Å². The first kappa shape index (κ1) is 17.6. The van der Waals surface area contributed by atoms with Crippen molar-refractivity contribution in [3.8, 4) is 0 Å². The third-order valence-electron chi connectivity index (χ3n) is 3.43. The first-order valence-electron chi connectivity index (χ1n) is 6.40. The van der Waals surface area contributed by atoms with Crippen LogP contribution in [0, 0.1) is 5.92 Å². The number of carbonyl (C=O) groups is 4. The zero-order valence-electron chi connectivity index (χ0n) is 12.1. The minimum absolute atomic E-state index is 0.0284. The van der Waals surface area contributed by atoms with Crippen LogP contribution in [0.3, 0.4) is 0 Å². The van der Waals surface area contributed by atoms with E-state index in [9.17, 15) is 27.6 Å². The standard InChI is InChI=1S/C12H12N2O9S/c1-6-3-9(24(19,20)21)11(17)13(6)23-12(18)8-4-10(16)14(7(8)2)22-5-15/h5,8-9H,1-4H2,(H,19,20,21). The van der Waals surface area contributed by atoms with E-state index in [0.717, 1.165) is 0 Å². The number of allylic oxidation sites excluding steroid dienone is 1. The summed E-state index contributed by atoms with van der Waals surface area (Å²) in [5, 5.41) is -0.955. The molecule has 0 aromatic heterocycles. The summed E-state index contributed by atoms with van der Waals surface area (Å²) in [7, 11) is -4.69. The highest BCUT2D eigenvalue weighted by atomic mass is 32.2. The van der Waals surface area contributed by atoms with Gasteiger partial charge in [-0.2, -0.15) is 8.42 Å². The van der Waals surface area contributed by atoms with Crippen LogP contribution in [-0.2, 0) is 39.0 Å². The Hall–Kier alpha value is -2.73. The average Bonchev–Trinajstić information content (AvgIpc) is 2.91. The van der Waals surface area contributed by atoms with Crippen LogP contribution < -0.4 is 0 Å². The van der Waals surface area contributed by atoms with Gasteiger partial charge in [0.25, 0.3) is 21.9 Å². The maximum Gasteiger partial charge on any atom is 0.342 e. The van der Waals surface area contributed by atoms with Gasteiger partial charge in [0, 0.05) is 12.8 Å². The van der Waals surface area contributed by atoms with Gasteiger partial charge in [-0.1, -0.05) is 13.2 Å². The first-order valence-corrected chi connectivity index (χ1v) is 7.90. The Bertz CT molecular complexity index is 756. The van der Waals surface area contributed by atoms with Crippen molar-refractivity contribution in [2.24, 2.45) is 5.92 Å². The van der Waals surface area contributed by atoms with Crippen LogP contribution in [0.1, 0.15) is 12.8 Å². The zero-order valence-corrected chi connectivity index (χ0v) is 12.9. The number of rotatable bonds is 5. The van der Waals surface area contributed by atoms with Gasteiger partial charge in [0.05, 0.1) is 11.4 Å². The molecule has 2 fully saturated rings. The molecule has 0 radical (unpaired) electrons. The Balaban J connectivity index is 2.12. The second-order valence-electron chi connectivity index (χ2n) is 4.95. The number of nitrogens with zero attached hydrogens (tertiary/aromatic N) is 2. The summed E-state index contributed by atoms with van der Waals surface area (Å²) in [6, 6.07) is 0. The van der Waals surface area contributed by atoms with Crippen LogP contribution in [0.5, 0.6) is 0 Å². The summed E-state index contributed by atoms with van der Waals surface area (Å²) >= 11 is 0. The second-order valence-corrected chi connectivity index (χ2v) is 6.55. The molecule has 24 heavy (non-hydrogen) atoms. The summed E-state index contributed by atoms with van der Waals surface area (Å²) in [5.74, 6) is -4.25. The fourth-order valence-electron chi connectivity index (χ4n) is 2.23. The highest BCUT2D eigenvalue weighted by Crippen LogP contribution is 2.32. The molecule has 130 valence electrons. The summed E-state index contributed by atoms with van der Waals surface area (Å²) in [4.78, 5) is 55.1. The van der Waals surface area contributed by atoms with Crippen LogP contribution in [0.15, 0.2) is 24.6 Å². The van der Waals surface area contributed by atoms with Crippen LogP contribution in [0.25, 0.3) is 0 Å². The predicted molar refractivity (Wildman–Crippen MR) is 73.3 cm³/mol. The Morgan fingerprint density at radius 3 is 2.38 bits per heavy atom. The van der Waals surface area contributed by atoms with Gasteiger partial charge < -0.3 is 9.68 Å². The number of hydrogen-bond acceptors (Lipinski definition) is 8. The first-order chi connectivity index (χ1) is 11.1. The second kappa shape index (κ2) is 6.05. The van der Waals surface area contributed by atoms with E-state index in [2.05, 4.69) is 18.0 Å². The molecule has 0 aromatic rings. The average molecular weight is 360 g/mol. The molecule has 2 rings (SSSR count). The maximum absolute atomic E-state index is 12.1. The Morgan fingerprint density at radius 2 is 1.88 bits per heavy atom. The molecular formula is C12H12N2O9S. The lowest BCUT2D eigenvalue weighted by Gasteiger charge is -2.19. The van der Waals surface area contributed by atoms with E-state index in [1.165, 1.54) is 0 Å². The van der Waals surface area contributed by atoms with Gasteiger partial charge in [-0.3, -0.25) is 18.9 Å². The van der Waals surface area contributed by atoms with Gasteiger partial charge in [0.1, 0.15) is 5.92 Å². The Kier molecular flexibility index (Phi) is 4.44. The van der Waals surface area contributed by atoms with Crippen molar-refractivity contribution in [3.63, 3.8) is 0 Å². The summed E-state index contributed by atoms with van der Waals surface area (Å²) in [6.07, 6.45) is -0.863. The monoisotopic (exact) mass is 360 g/mol. The van der Waals surface area contributed by atoms with E-state index in [0.29, 0.717) is 10.1 Å². The summed E-state index contributed by atoms with van der Waals surface area (Å²) in [6.45, 7) is 6.79. The molecule has 0 bridgehead atoms. The van der Waals surface area contributed by atoms with Gasteiger partial charge in [-0.25, -0.2) is 4.79 Å². The lowest BCUT2D eigenvalue weighted by molar-refractivity contribution is -0.190. The van der Waals surface area contributed by atoms with Gasteiger partial charge in [0.15, 0.2) is 5.25 Å². The lowest BCUT2D eigenvalue weighted by atomic mass is 10.1. The van der Waals surface area contributed by atoms with E-state index >= 15 is 0 Å². The molecule has 0 saturated carbocycles. The molecule has 2 aliphatic heterocycles. The van der Waals surface area contributed by atoms with Crippen molar-refractivity contribution in [2.75, 3.05) is 0 Å². The third kappa shape index (κ3) is 3.00. The minimum Gasteiger partial charge on any atom is -0.337 e. The van der Waals surface area contributed by atoms with E-state index < -0.39 is 51.9 Å². The van der Waals surface area contributed by atoms with Gasteiger partial charge in [-0.15, -0.1) is 10.1 Å². The third-order valence-corrected chi connectivity index (χ3v) is 4.51. The lowest BCUT2D eigenvalue weighted by Crippen LogP contribution is -2.36. The highest BCUT2D eigenvalue weighted by Gasteiger charge is 2.47. The van der Waals surface area contributed by atoms with Crippen molar-refractivity contribution in [1.82, 2.24) is 10.1 Å². The largest absolute Gasteiger partial charge is 0.342 e. The molecule has 0 spiro atoms. The van der Waals surface area contributed by atoms with Crippen molar-refractivity contribution < 1.29 is 41.8 Å². The van der Waals surface area contributed by atoms with Crippen LogP contribution in [-0.4, -0.2) is 52.6 Å². The Morgan fingerprint density at radius 1 is 1.25 bits per heavy atom. The smallest absolute Gasteiger partial charge is 0.337 e. The quantitative estimate of drug-likeness (QED) is 0.476. The number of carbonyl (C=O) groups excluding carboxylic acids is 4. The van der Waals surface area contributed by atoms with E-state index in [-0.39, 0.29) is 17.9 Å². The molecule has 0 aromatic carbocycles. The fraction of sp³-hybridized carbons (Fsp3) is 0.333. The molecule has 2 heterocycles. The fourth-order valence-corrected chi connectivity index (χ4v) is 2.99. The van der Waals surface area contributed by atoms with Gasteiger partial charge in [0.2, 0.25) is 0 Å². The molecule has 2 unspecified atom stereocenters. The summed E-state index contributed by atoms with van der Waals surface area (Å²) in [5.41, 5.74) is -0.340. The molecular weight excluding hydrogens is 348 g/mol. The van der Waals surface area contributed by atoms with Crippen molar-refractivity contribution >= 4 is 34.4 Å². The molecule has 1 N–H and O–H groups in total. The minimum atomic E-state index is -4.69. The Labute approximate surface area is 135 Å². The predicted octanol–water partition coefficient (Wildman–Crippen LogP) is -1.10. The number of amides is 2. The molecule has 11 nitrogen and oxygen atoms in total. The van der Waals surface area contributed by atoms with Crippen molar-refractivity contribution in [1.29, 1.82) is 0 Å². The molecule has 2 atom stereocenters. The van der Waals surface area contributed by atoms with E-state index in [1.807, 2.05) is 0 Å². The van der Waals surface area contributed by atoms with E-state index in [1.54, 1.807) is 0 Å². The topological polar surface area (TPSA) is 148 Å². The van der Waals surface area contributed by atoms with Crippen molar-refractivity contribution in [2.45, 2.75) is 18.1 Å². The molecule has 2 saturated heterocycles. The highest BCUT2D eigenvalue weighted by molar-refractivity contribution is 7.87. The number of hydrogen-bond donors (Lipinski definition) is 1. The zero-order chi connectivity index (χ0) is 18.2. The normalized spacial score (nSPS) is 24.5. The van der Waals surface area contributed by atoms with Gasteiger partial charge >= 0.3 is 12.4 Å². The number of hydroxylamine groups is 4. The maximum atomic E-state index is 12.1. The molecule has 2 aliphatic rings. The molecule has 12 heteroatoms. The SMILES string of the molecule is C=C1CC(S(=O)(=O)O)C(=O)N1OC(=O)C1CC(=O)N(OC=O)C1=C. The molecule has 2 amide bonds. The summed E-state index contributed by atoms with van der Waals surface area (Å²) < 4.78 is 31.2. The van der Waals surface area contributed by atoms with Crippen LogP contribution in [0.2, 0.25) is 0 Å². The van der Waals surface area contributed by atoms with Crippen molar-refractivity contribution in [3.05, 3.63) is 24.6 Å². The van der Waals surface area contributed by atoms with Crippen LogP contribution in [0.4, 0.5) is 0 Å². The van der Waals surface area contributed by atoms with Crippen LogP contribution >= 0.6 is 0 Å². The van der Waals surface area contributed by atoms with Gasteiger partial charge in [-0.05, 0) is 0 Å². The molecule has 0 aliphatic carbocycles.